The minimum atomic E-state index is 0.0272. The van der Waals surface area contributed by atoms with E-state index in [2.05, 4.69) is 86.4 Å². The largest absolute Gasteiger partial charge is 0.368 e. The van der Waals surface area contributed by atoms with Crippen molar-refractivity contribution in [2.45, 2.75) is 39.7 Å². The van der Waals surface area contributed by atoms with Crippen LogP contribution in [0.5, 0.6) is 0 Å². The maximum Gasteiger partial charge on any atom is 0.317 e. The van der Waals surface area contributed by atoms with E-state index in [1.165, 1.54) is 16.8 Å². The first-order valence-electron chi connectivity index (χ1n) is 9.77. The van der Waals surface area contributed by atoms with E-state index in [0.717, 1.165) is 31.7 Å². The first-order chi connectivity index (χ1) is 12.8. The molecule has 2 amide bonds. The summed E-state index contributed by atoms with van der Waals surface area (Å²) in [6.07, 6.45) is 0. The number of hydrogen-bond donors (Lipinski definition) is 1. The summed E-state index contributed by atoms with van der Waals surface area (Å²) in [5.74, 6) is 0. The van der Waals surface area contributed by atoms with Crippen molar-refractivity contribution < 1.29 is 4.79 Å². The Bertz CT molecular complexity index is 769. The van der Waals surface area contributed by atoms with Crippen LogP contribution in [0.2, 0.25) is 0 Å². The fourth-order valence-electron chi connectivity index (χ4n) is 3.53. The van der Waals surface area contributed by atoms with Crippen molar-refractivity contribution in [3.8, 4) is 0 Å². The molecular weight excluding hydrogens is 334 g/mol. The van der Waals surface area contributed by atoms with E-state index in [1.807, 2.05) is 4.90 Å². The highest BCUT2D eigenvalue weighted by atomic mass is 16.2. The van der Waals surface area contributed by atoms with Gasteiger partial charge in [0, 0.05) is 38.4 Å². The minimum absolute atomic E-state index is 0.0272. The van der Waals surface area contributed by atoms with Crippen LogP contribution in [0.4, 0.5) is 10.5 Å². The summed E-state index contributed by atoms with van der Waals surface area (Å²) in [7, 11) is 0. The van der Waals surface area contributed by atoms with E-state index in [9.17, 15) is 4.79 Å². The van der Waals surface area contributed by atoms with E-state index >= 15 is 0 Å². The summed E-state index contributed by atoms with van der Waals surface area (Å²) in [4.78, 5) is 16.8. The summed E-state index contributed by atoms with van der Waals surface area (Å²) in [6, 6.07) is 16.9. The molecule has 1 heterocycles. The van der Waals surface area contributed by atoms with Crippen molar-refractivity contribution in [3.05, 3.63) is 65.2 Å². The third kappa shape index (κ3) is 4.82. The second kappa shape index (κ2) is 8.03. The van der Waals surface area contributed by atoms with Gasteiger partial charge in [0.25, 0.3) is 0 Å². The van der Waals surface area contributed by atoms with Gasteiger partial charge in [-0.1, -0.05) is 68.8 Å². The molecule has 0 aliphatic carbocycles. The number of nitrogens with zero attached hydrogens (tertiary/aromatic N) is 2. The molecule has 0 unspecified atom stereocenters. The average molecular weight is 366 g/mol. The Hall–Kier alpha value is -2.49. The molecule has 1 aliphatic rings. The second-order valence-electron chi connectivity index (χ2n) is 8.39. The highest BCUT2D eigenvalue weighted by Crippen LogP contribution is 2.32. The van der Waals surface area contributed by atoms with Crippen molar-refractivity contribution in [1.29, 1.82) is 0 Å². The Morgan fingerprint density at radius 3 is 2.22 bits per heavy atom. The predicted octanol–water partition coefficient (Wildman–Crippen LogP) is 4.32. The number of urea groups is 1. The number of benzene rings is 2. The maximum absolute atomic E-state index is 12.5. The number of nitrogens with one attached hydrogen (secondary N) is 1. The van der Waals surface area contributed by atoms with E-state index in [0.29, 0.717) is 6.54 Å². The summed E-state index contributed by atoms with van der Waals surface area (Å²) >= 11 is 0. The van der Waals surface area contributed by atoms with Gasteiger partial charge >= 0.3 is 6.03 Å². The molecule has 2 aromatic carbocycles. The molecule has 1 fully saturated rings. The van der Waals surface area contributed by atoms with Gasteiger partial charge in [0.1, 0.15) is 0 Å². The Kier molecular flexibility index (Phi) is 5.73. The number of para-hydroxylation sites is 1. The SMILES string of the molecule is Cc1ccc(CNC(=O)N2CCN(c3ccccc3C(C)(C)C)CC2)cc1. The molecule has 0 bridgehead atoms. The molecular formula is C23H31N3O. The minimum Gasteiger partial charge on any atom is -0.368 e. The van der Waals surface area contributed by atoms with Crippen molar-refractivity contribution in [1.82, 2.24) is 10.2 Å². The summed E-state index contributed by atoms with van der Waals surface area (Å²) < 4.78 is 0. The van der Waals surface area contributed by atoms with Gasteiger partial charge < -0.3 is 15.1 Å². The molecule has 1 aliphatic heterocycles. The van der Waals surface area contributed by atoms with E-state index < -0.39 is 0 Å². The van der Waals surface area contributed by atoms with Gasteiger partial charge in [0.15, 0.2) is 0 Å². The normalized spacial score (nSPS) is 15.0. The van der Waals surface area contributed by atoms with Gasteiger partial charge in [-0.15, -0.1) is 0 Å². The molecule has 144 valence electrons. The number of carbonyl (C=O) groups is 1. The number of anilines is 1. The predicted molar refractivity (Wildman–Crippen MR) is 112 cm³/mol. The second-order valence-corrected chi connectivity index (χ2v) is 8.39. The van der Waals surface area contributed by atoms with Gasteiger partial charge in [0.05, 0.1) is 0 Å². The van der Waals surface area contributed by atoms with Gasteiger partial charge in [0.2, 0.25) is 0 Å². The van der Waals surface area contributed by atoms with Crippen LogP contribution < -0.4 is 10.2 Å². The molecule has 4 heteroatoms. The van der Waals surface area contributed by atoms with Crippen molar-refractivity contribution in [3.63, 3.8) is 0 Å². The smallest absolute Gasteiger partial charge is 0.317 e. The summed E-state index contributed by atoms with van der Waals surface area (Å²) in [6.45, 7) is 12.6. The summed E-state index contributed by atoms with van der Waals surface area (Å²) in [5, 5.41) is 3.05. The number of rotatable bonds is 3. The molecule has 2 aromatic rings. The van der Waals surface area contributed by atoms with Gasteiger partial charge in [-0.2, -0.15) is 0 Å². The molecule has 0 aromatic heterocycles. The topological polar surface area (TPSA) is 35.6 Å². The maximum atomic E-state index is 12.5. The number of piperazine rings is 1. The first kappa shape index (κ1) is 19.3. The van der Waals surface area contributed by atoms with Crippen LogP contribution in [0.25, 0.3) is 0 Å². The number of amides is 2. The number of carbonyl (C=O) groups excluding carboxylic acids is 1. The van der Waals surface area contributed by atoms with Crippen molar-refractivity contribution in [2.75, 3.05) is 31.1 Å². The Balaban J connectivity index is 1.56. The van der Waals surface area contributed by atoms with E-state index in [1.54, 1.807) is 0 Å². The quantitative estimate of drug-likeness (QED) is 0.879. The van der Waals surface area contributed by atoms with Crippen LogP contribution in [-0.4, -0.2) is 37.1 Å². The van der Waals surface area contributed by atoms with Crippen LogP contribution >= 0.6 is 0 Å². The average Bonchev–Trinajstić information content (AvgIpc) is 2.67. The Labute approximate surface area is 163 Å². The number of aryl methyl sites for hydroxylation is 1. The molecule has 0 spiro atoms. The monoisotopic (exact) mass is 365 g/mol. The lowest BCUT2D eigenvalue weighted by Crippen LogP contribution is -2.52. The van der Waals surface area contributed by atoms with Crippen LogP contribution in [0.15, 0.2) is 48.5 Å². The molecule has 0 radical (unpaired) electrons. The number of hydrogen-bond acceptors (Lipinski definition) is 2. The highest BCUT2D eigenvalue weighted by Gasteiger charge is 2.25. The molecule has 0 saturated carbocycles. The van der Waals surface area contributed by atoms with Gasteiger partial charge in [-0.3, -0.25) is 0 Å². The lowest BCUT2D eigenvalue weighted by Gasteiger charge is -2.38. The Morgan fingerprint density at radius 1 is 0.963 bits per heavy atom. The van der Waals surface area contributed by atoms with Gasteiger partial charge in [-0.25, -0.2) is 4.79 Å². The zero-order chi connectivity index (χ0) is 19.4. The standard InChI is InChI=1S/C23H31N3O/c1-18-9-11-19(12-10-18)17-24-22(27)26-15-13-25(14-16-26)21-8-6-5-7-20(21)23(2,3)4/h5-12H,13-17H2,1-4H3,(H,24,27). The molecule has 1 N–H and O–H groups in total. The van der Waals surface area contributed by atoms with Gasteiger partial charge in [-0.05, 0) is 29.5 Å². The third-order valence-electron chi connectivity index (χ3n) is 5.18. The van der Waals surface area contributed by atoms with Crippen LogP contribution in [0.1, 0.15) is 37.5 Å². The highest BCUT2D eigenvalue weighted by molar-refractivity contribution is 5.74. The van der Waals surface area contributed by atoms with E-state index in [-0.39, 0.29) is 11.4 Å². The molecule has 1 saturated heterocycles. The van der Waals surface area contributed by atoms with Crippen molar-refractivity contribution in [2.24, 2.45) is 0 Å². The molecule has 0 atom stereocenters. The fraction of sp³-hybridized carbons (Fsp3) is 0.435. The van der Waals surface area contributed by atoms with Crippen LogP contribution in [0, 0.1) is 6.92 Å². The lowest BCUT2D eigenvalue weighted by atomic mass is 9.85. The van der Waals surface area contributed by atoms with E-state index in [4.69, 9.17) is 0 Å². The van der Waals surface area contributed by atoms with Crippen LogP contribution in [-0.2, 0) is 12.0 Å². The zero-order valence-corrected chi connectivity index (χ0v) is 17.0. The Morgan fingerprint density at radius 2 is 1.59 bits per heavy atom. The van der Waals surface area contributed by atoms with Crippen molar-refractivity contribution >= 4 is 11.7 Å². The molecule has 3 rings (SSSR count). The lowest BCUT2D eigenvalue weighted by molar-refractivity contribution is 0.194. The fourth-order valence-corrected chi connectivity index (χ4v) is 3.53. The zero-order valence-electron chi connectivity index (χ0n) is 17.0. The first-order valence-corrected chi connectivity index (χ1v) is 9.77. The van der Waals surface area contributed by atoms with Crippen LogP contribution in [0.3, 0.4) is 0 Å². The third-order valence-corrected chi connectivity index (χ3v) is 5.18. The molecule has 27 heavy (non-hydrogen) atoms. The summed E-state index contributed by atoms with van der Waals surface area (Å²) in [5.41, 5.74) is 5.13. The molecule has 4 nitrogen and oxygen atoms in total.